The Balaban J connectivity index is 2.62. The standard InChI is InChI=1S/C9H15NO4/c1-2-14-8(11)7-5-3-4-6-10(7)9(12)13/h7H,2-6H2,1H3,(H,12,13). The summed E-state index contributed by atoms with van der Waals surface area (Å²) >= 11 is 0. The molecule has 0 spiro atoms. The van der Waals surface area contributed by atoms with E-state index in [9.17, 15) is 9.59 Å². The van der Waals surface area contributed by atoms with E-state index in [1.54, 1.807) is 6.92 Å². The van der Waals surface area contributed by atoms with Gasteiger partial charge in [0.2, 0.25) is 0 Å². The quantitative estimate of drug-likeness (QED) is 0.679. The fourth-order valence-corrected chi connectivity index (χ4v) is 1.64. The highest BCUT2D eigenvalue weighted by molar-refractivity contribution is 5.81. The fourth-order valence-electron chi connectivity index (χ4n) is 1.64. The third kappa shape index (κ3) is 2.37. The van der Waals surface area contributed by atoms with Gasteiger partial charge < -0.3 is 9.84 Å². The number of rotatable bonds is 2. The summed E-state index contributed by atoms with van der Waals surface area (Å²) in [5.41, 5.74) is 0. The summed E-state index contributed by atoms with van der Waals surface area (Å²) in [5, 5.41) is 8.84. The average molecular weight is 201 g/mol. The first-order valence-electron chi connectivity index (χ1n) is 4.83. The maximum absolute atomic E-state index is 11.4. The molecule has 1 fully saturated rings. The minimum Gasteiger partial charge on any atom is -0.465 e. The van der Waals surface area contributed by atoms with Gasteiger partial charge in [0.25, 0.3) is 0 Å². The van der Waals surface area contributed by atoms with Crippen molar-refractivity contribution in [3.63, 3.8) is 0 Å². The molecule has 0 saturated carbocycles. The highest BCUT2D eigenvalue weighted by atomic mass is 16.5. The van der Waals surface area contributed by atoms with Crippen molar-refractivity contribution in [2.75, 3.05) is 13.2 Å². The number of hydrogen-bond acceptors (Lipinski definition) is 3. The molecule has 1 N–H and O–H groups in total. The Morgan fingerprint density at radius 3 is 2.79 bits per heavy atom. The highest BCUT2D eigenvalue weighted by Gasteiger charge is 2.32. The van der Waals surface area contributed by atoms with Crippen molar-refractivity contribution in [2.45, 2.75) is 32.2 Å². The predicted octanol–water partition coefficient (Wildman–Crippen LogP) is 1.08. The first-order chi connectivity index (χ1) is 6.66. The van der Waals surface area contributed by atoms with E-state index in [2.05, 4.69) is 0 Å². The molecule has 1 atom stereocenters. The summed E-state index contributed by atoms with van der Waals surface area (Å²) in [4.78, 5) is 23.3. The zero-order valence-electron chi connectivity index (χ0n) is 8.23. The van der Waals surface area contributed by atoms with Crippen LogP contribution in [-0.2, 0) is 9.53 Å². The summed E-state index contributed by atoms with van der Waals surface area (Å²) in [6, 6.07) is -0.596. The molecule has 5 nitrogen and oxygen atoms in total. The lowest BCUT2D eigenvalue weighted by Crippen LogP contribution is -2.48. The molecule has 1 heterocycles. The van der Waals surface area contributed by atoms with Gasteiger partial charge in [-0.3, -0.25) is 4.90 Å². The van der Waals surface area contributed by atoms with E-state index in [0.717, 1.165) is 12.8 Å². The summed E-state index contributed by atoms with van der Waals surface area (Å²) < 4.78 is 4.82. The van der Waals surface area contributed by atoms with Crippen molar-refractivity contribution in [1.29, 1.82) is 0 Å². The normalized spacial score (nSPS) is 21.8. The molecule has 0 radical (unpaired) electrons. The van der Waals surface area contributed by atoms with Crippen LogP contribution in [0.3, 0.4) is 0 Å². The molecule has 1 aliphatic heterocycles. The maximum Gasteiger partial charge on any atom is 0.408 e. The number of carboxylic acid groups (broad SMARTS) is 1. The van der Waals surface area contributed by atoms with E-state index in [1.165, 1.54) is 4.90 Å². The molecule has 0 aromatic carbocycles. The van der Waals surface area contributed by atoms with Crippen LogP contribution in [0.4, 0.5) is 4.79 Å². The molecule has 1 rings (SSSR count). The van der Waals surface area contributed by atoms with E-state index in [-0.39, 0.29) is 0 Å². The zero-order valence-corrected chi connectivity index (χ0v) is 8.23. The van der Waals surface area contributed by atoms with Gasteiger partial charge in [0.05, 0.1) is 6.61 Å². The second-order valence-corrected chi connectivity index (χ2v) is 3.24. The Hall–Kier alpha value is -1.26. The van der Waals surface area contributed by atoms with E-state index in [4.69, 9.17) is 9.84 Å². The van der Waals surface area contributed by atoms with Gasteiger partial charge in [-0.15, -0.1) is 0 Å². The van der Waals surface area contributed by atoms with Gasteiger partial charge in [-0.2, -0.15) is 0 Å². The molecular formula is C9H15NO4. The molecule has 14 heavy (non-hydrogen) atoms. The van der Waals surface area contributed by atoms with E-state index >= 15 is 0 Å². The number of nitrogens with zero attached hydrogens (tertiary/aromatic N) is 1. The Morgan fingerprint density at radius 1 is 1.50 bits per heavy atom. The van der Waals surface area contributed by atoms with Crippen LogP contribution in [0, 0.1) is 0 Å². The SMILES string of the molecule is CCOC(=O)C1CCCCN1C(=O)O. The van der Waals surface area contributed by atoms with Crippen LogP contribution < -0.4 is 0 Å². The molecular weight excluding hydrogens is 186 g/mol. The molecule has 1 saturated heterocycles. The van der Waals surface area contributed by atoms with Crippen LogP contribution in [0.5, 0.6) is 0 Å². The summed E-state index contributed by atoms with van der Waals surface area (Å²) in [5.74, 6) is -0.422. The number of piperidine rings is 1. The largest absolute Gasteiger partial charge is 0.465 e. The van der Waals surface area contributed by atoms with Crippen molar-refractivity contribution in [3.05, 3.63) is 0 Å². The number of amides is 1. The summed E-state index contributed by atoms with van der Waals surface area (Å²) in [6.45, 7) is 2.44. The molecule has 1 amide bonds. The van der Waals surface area contributed by atoms with Crippen LogP contribution in [0.25, 0.3) is 0 Å². The fraction of sp³-hybridized carbons (Fsp3) is 0.778. The smallest absolute Gasteiger partial charge is 0.408 e. The van der Waals surface area contributed by atoms with Gasteiger partial charge in [0, 0.05) is 6.54 Å². The van der Waals surface area contributed by atoms with Crippen molar-refractivity contribution < 1.29 is 19.4 Å². The minimum absolute atomic E-state index is 0.294. The minimum atomic E-state index is -1.04. The Bertz CT molecular complexity index is 229. The molecule has 5 heteroatoms. The van der Waals surface area contributed by atoms with Gasteiger partial charge in [-0.1, -0.05) is 0 Å². The molecule has 0 aromatic rings. The third-order valence-electron chi connectivity index (χ3n) is 2.31. The van der Waals surface area contributed by atoms with Crippen molar-refractivity contribution in [1.82, 2.24) is 4.90 Å². The molecule has 0 bridgehead atoms. The van der Waals surface area contributed by atoms with Crippen molar-refractivity contribution in [3.8, 4) is 0 Å². The van der Waals surface area contributed by atoms with Gasteiger partial charge >= 0.3 is 12.1 Å². The van der Waals surface area contributed by atoms with Crippen LogP contribution in [0.15, 0.2) is 0 Å². The molecule has 1 aliphatic rings. The van der Waals surface area contributed by atoms with Gasteiger partial charge in [-0.25, -0.2) is 9.59 Å². The van der Waals surface area contributed by atoms with Crippen LogP contribution in [-0.4, -0.2) is 41.3 Å². The summed E-state index contributed by atoms with van der Waals surface area (Å²) in [6.07, 6.45) is 1.24. The van der Waals surface area contributed by atoms with E-state index in [1.807, 2.05) is 0 Å². The molecule has 80 valence electrons. The number of carbonyl (C=O) groups is 2. The highest BCUT2D eigenvalue weighted by Crippen LogP contribution is 2.18. The first kappa shape index (κ1) is 10.8. The molecule has 0 aliphatic carbocycles. The van der Waals surface area contributed by atoms with Crippen LogP contribution in [0.1, 0.15) is 26.2 Å². The number of esters is 1. The van der Waals surface area contributed by atoms with E-state index in [0.29, 0.717) is 19.6 Å². The number of hydrogen-bond donors (Lipinski definition) is 1. The lowest BCUT2D eigenvalue weighted by atomic mass is 10.0. The number of likely N-dealkylation sites (tertiary alicyclic amines) is 1. The number of carbonyl (C=O) groups excluding carboxylic acids is 1. The zero-order chi connectivity index (χ0) is 10.6. The molecule has 1 unspecified atom stereocenters. The predicted molar refractivity (Wildman–Crippen MR) is 49.0 cm³/mol. The molecule has 0 aromatic heterocycles. The second kappa shape index (κ2) is 4.83. The van der Waals surface area contributed by atoms with Crippen LogP contribution >= 0.6 is 0 Å². The van der Waals surface area contributed by atoms with Crippen molar-refractivity contribution >= 4 is 12.1 Å². The Kier molecular flexibility index (Phi) is 3.73. The summed E-state index contributed by atoms with van der Waals surface area (Å²) in [7, 11) is 0. The average Bonchev–Trinajstić information content (AvgIpc) is 2.18. The second-order valence-electron chi connectivity index (χ2n) is 3.24. The lowest BCUT2D eigenvalue weighted by molar-refractivity contribution is -0.149. The van der Waals surface area contributed by atoms with Gasteiger partial charge in [-0.05, 0) is 26.2 Å². The monoisotopic (exact) mass is 201 g/mol. The van der Waals surface area contributed by atoms with Gasteiger partial charge in [0.1, 0.15) is 6.04 Å². The Morgan fingerprint density at radius 2 is 2.21 bits per heavy atom. The topological polar surface area (TPSA) is 66.8 Å². The lowest BCUT2D eigenvalue weighted by Gasteiger charge is -2.31. The maximum atomic E-state index is 11.4. The number of ether oxygens (including phenoxy) is 1. The van der Waals surface area contributed by atoms with Gasteiger partial charge in [0.15, 0.2) is 0 Å². The Labute approximate surface area is 82.6 Å². The first-order valence-corrected chi connectivity index (χ1v) is 4.83. The third-order valence-corrected chi connectivity index (χ3v) is 2.31. The van der Waals surface area contributed by atoms with Crippen LogP contribution in [0.2, 0.25) is 0 Å². The van der Waals surface area contributed by atoms with E-state index < -0.39 is 18.1 Å². The van der Waals surface area contributed by atoms with Crippen molar-refractivity contribution in [2.24, 2.45) is 0 Å².